The standard InChI is InChI=1S/C32H35F6NO/c1-20(2)13-14-39(28-8-6-7-27(19-28)32(36,37)38)29-17-24(23-9-11-26(12-10-23)31(33,34)35)16-25(18-29)30(22(5)40)15-21(3)4/h6-12,16-21,30H,13-15H2,1-5H3. The number of nitrogens with zero attached hydrogens (tertiary/aromatic N) is 1. The minimum Gasteiger partial charge on any atom is -0.341 e. The van der Waals surface area contributed by atoms with Crippen molar-refractivity contribution in [2.45, 2.75) is 65.7 Å². The van der Waals surface area contributed by atoms with Crippen molar-refractivity contribution >= 4 is 17.2 Å². The Bertz CT molecular complexity index is 1290. The van der Waals surface area contributed by atoms with E-state index in [-0.39, 0.29) is 17.6 Å². The van der Waals surface area contributed by atoms with E-state index in [1.54, 1.807) is 23.1 Å². The molecule has 216 valence electrons. The van der Waals surface area contributed by atoms with E-state index in [0.29, 0.717) is 47.5 Å². The minimum absolute atomic E-state index is 0.0583. The monoisotopic (exact) mass is 563 g/mol. The van der Waals surface area contributed by atoms with Gasteiger partial charge < -0.3 is 4.90 Å². The number of Topliss-reactive ketones (excluding diaryl/α,β-unsaturated/α-hetero) is 1. The molecule has 0 saturated heterocycles. The second-order valence-corrected chi connectivity index (χ2v) is 11.1. The van der Waals surface area contributed by atoms with E-state index in [4.69, 9.17) is 0 Å². The number of hydrogen-bond acceptors (Lipinski definition) is 2. The van der Waals surface area contributed by atoms with Gasteiger partial charge in [-0.15, -0.1) is 0 Å². The summed E-state index contributed by atoms with van der Waals surface area (Å²) in [4.78, 5) is 14.5. The van der Waals surface area contributed by atoms with Crippen molar-refractivity contribution in [2.24, 2.45) is 11.8 Å². The van der Waals surface area contributed by atoms with E-state index < -0.39 is 29.4 Å². The molecule has 1 unspecified atom stereocenters. The largest absolute Gasteiger partial charge is 0.416 e. The minimum atomic E-state index is -4.52. The predicted octanol–water partition coefficient (Wildman–Crippen LogP) is 10.3. The van der Waals surface area contributed by atoms with E-state index >= 15 is 0 Å². The van der Waals surface area contributed by atoms with Crippen LogP contribution in [-0.2, 0) is 17.1 Å². The first-order valence-corrected chi connectivity index (χ1v) is 13.3. The summed E-state index contributed by atoms with van der Waals surface area (Å²) in [6.45, 7) is 9.93. The van der Waals surface area contributed by atoms with Gasteiger partial charge in [0.1, 0.15) is 5.78 Å². The molecule has 3 aromatic carbocycles. The number of carbonyl (C=O) groups is 1. The van der Waals surface area contributed by atoms with Crippen LogP contribution in [-0.4, -0.2) is 12.3 Å². The van der Waals surface area contributed by atoms with Crippen molar-refractivity contribution in [2.75, 3.05) is 11.4 Å². The molecule has 0 aliphatic rings. The van der Waals surface area contributed by atoms with Gasteiger partial charge in [-0.25, -0.2) is 0 Å². The third kappa shape index (κ3) is 8.12. The molecule has 0 radical (unpaired) electrons. The van der Waals surface area contributed by atoms with Gasteiger partial charge in [-0.05, 0) is 90.8 Å². The highest BCUT2D eigenvalue weighted by atomic mass is 19.4. The normalized spacial score (nSPS) is 13.1. The summed E-state index contributed by atoms with van der Waals surface area (Å²) in [5.41, 5.74) is 1.12. The average molecular weight is 564 g/mol. The van der Waals surface area contributed by atoms with E-state index in [1.807, 2.05) is 33.8 Å². The first kappa shape index (κ1) is 31.2. The first-order chi connectivity index (χ1) is 18.6. The zero-order valence-electron chi connectivity index (χ0n) is 23.3. The maximum atomic E-state index is 13.6. The molecule has 0 N–H and O–H groups in total. The summed E-state index contributed by atoms with van der Waals surface area (Å²) in [7, 11) is 0. The molecule has 2 nitrogen and oxygen atoms in total. The molecule has 3 aromatic rings. The number of halogens is 6. The lowest BCUT2D eigenvalue weighted by atomic mass is 9.85. The number of hydrogen-bond donors (Lipinski definition) is 0. The fourth-order valence-corrected chi connectivity index (χ4v) is 4.66. The number of alkyl halides is 6. The van der Waals surface area contributed by atoms with Crippen LogP contribution in [0.4, 0.5) is 37.7 Å². The van der Waals surface area contributed by atoms with Crippen LogP contribution in [0.5, 0.6) is 0 Å². The molecule has 1 atom stereocenters. The predicted molar refractivity (Wildman–Crippen MR) is 148 cm³/mol. The smallest absolute Gasteiger partial charge is 0.341 e. The van der Waals surface area contributed by atoms with Crippen LogP contribution in [0.1, 0.15) is 70.1 Å². The van der Waals surface area contributed by atoms with Gasteiger partial charge in [0, 0.05) is 23.8 Å². The summed E-state index contributed by atoms with van der Waals surface area (Å²) in [5, 5.41) is 0. The van der Waals surface area contributed by atoms with Crippen LogP contribution in [0.25, 0.3) is 11.1 Å². The van der Waals surface area contributed by atoms with Crippen LogP contribution in [0, 0.1) is 11.8 Å². The summed E-state index contributed by atoms with van der Waals surface area (Å²) < 4.78 is 80.4. The Morgan fingerprint density at radius 2 is 1.35 bits per heavy atom. The van der Waals surface area contributed by atoms with Gasteiger partial charge in [-0.2, -0.15) is 26.3 Å². The van der Waals surface area contributed by atoms with Gasteiger partial charge in [0.25, 0.3) is 0 Å². The summed E-state index contributed by atoms with van der Waals surface area (Å²) >= 11 is 0. The van der Waals surface area contributed by atoms with E-state index in [9.17, 15) is 31.1 Å². The van der Waals surface area contributed by atoms with E-state index in [0.717, 1.165) is 24.3 Å². The van der Waals surface area contributed by atoms with Crippen molar-refractivity contribution in [1.82, 2.24) is 0 Å². The Kier molecular flexibility index (Phi) is 9.75. The lowest BCUT2D eigenvalue weighted by molar-refractivity contribution is -0.138. The van der Waals surface area contributed by atoms with Crippen molar-refractivity contribution < 1.29 is 31.1 Å². The number of rotatable bonds is 10. The lowest BCUT2D eigenvalue weighted by Crippen LogP contribution is -2.21. The van der Waals surface area contributed by atoms with Crippen LogP contribution in [0.2, 0.25) is 0 Å². The van der Waals surface area contributed by atoms with Crippen molar-refractivity contribution in [1.29, 1.82) is 0 Å². The van der Waals surface area contributed by atoms with E-state index in [2.05, 4.69) is 0 Å². The molecule has 0 spiro atoms. The molecule has 0 heterocycles. The zero-order valence-corrected chi connectivity index (χ0v) is 23.3. The Hall–Kier alpha value is -3.29. The third-order valence-corrected chi connectivity index (χ3v) is 6.81. The maximum Gasteiger partial charge on any atom is 0.416 e. The van der Waals surface area contributed by atoms with Crippen LogP contribution < -0.4 is 4.90 Å². The summed E-state index contributed by atoms with van der Waals surface area (Å²) in [6, 6.07) is 15.2. The molecule has 0 bridgehead atoms. The molecule has 3 rings (SSSR count). The van der Waals surface area contributed by atoms with Crippen LogP contribution in [0.15, 0.2) is 66.7 Å². The van der Waals surface area contributed by atoms with Gasteiger partial charge in [-0.3, -0.25) is 4.79 Å². The third-order valence-electron chi connectivity index (χ3n) is 6.81. The van der Waals surface area contributed by atoms with Crippen LogP contribution >= 0.6 is 0 Å². The molecule has 0 aromatic heterocycles. The second-order valence-electron chi connectivity index (χ2n) is 11.1. The van der Waals surface area contributed by atoms with Gasteiger partial charge in [0.15, 0.2) is 0 Å². The molecule has 0 fully saturated rings. The van der Waals surface area contributed by atoms with Crippen LogP contribution in [0.3, 0.4) is 0 Å². The molecular formula is C32H35F6NO. The summed E-state index contributed by atoms with van der Waals surface area (Å²) in [6.07, 6.45) is -7.78. The number of carbonyl (C=O) groups excluding carboxylic acids is 1. The van der Waals surface area contributed by atoms with Crippen molar-refractivity contribution in [3.8, 4) is 11.1 Å². The maximum absolute atomic E-state index is 13.6. The number of anilines is 2. The molecule has 0 aliphatic heterocycles. The highest BCUT2D eigenvalue weighted by Crippen LogP contribution is 2.39. The Balaban J connectivity index is 2.24. The first-order valence-electron chi connectivity index (χ1n) is 13.3. The van der Waals surface area contributed by atoms with Crippen molar-refractivity contribution in [3.63, 3.8) is 0 Å². The fraction of sp³-hybridized carbons (Fsp3) is 0.406. The number of ketones is 1. The van der Waals surface area contributed by atoms with Crippen molar-refractivity contribution in [3.05, 3.63) is 83.4 Å². The van der Waals surface area contributed by atoms with Gasteiger partial charge >= 0.3 is 12.4 Å². The van der Waals surface area contributed by atoms with Gasteiger partial charge in [0.2, 0.25) is 0 Å². The van der Waals surface area contributed by atoms with Gasteiger partial charge in [-0.1, -0.05) is 52.0 Å². The number of benzene rings is 3. The zero-order chi connectivity index (χ0) is 29.8. The highest BCUT2D eigenvalue weighted by Gasteiger charge is 2.32. The molecular weight excluding hydrogens is 528 g/mol. The molecule has 0 saturated carbocycles. The molecule has 0 aliphatic carbocycles. The van der Waals surface area contributed by atoms with E-state index in [1.165, 1.54) is 25.1 Å². The fourth-order valence-electron chi connectivity index (χ4n) is 4.66. The Labute approximate surface area is 232 Å². The van der Waals surface area contributed by atoms with Gasteiger partial charge in [0.05, 0.1) is 11.1 Å². The summed E-state index contributed by atoms with van der Waals surface area (Å²) in [5.74, 6) is -0.0806. The molecule has 40 heavy (non-hydrogen) atoms. The average Bonchev–Trinajstić information content (AvgIpc) is 2.86. The SMILES string of the molecule is CC(=O)C(CC(C)C)c1cc(-c2ccc(C(F)(F)F)cc2)cc(N(CCC(C)C)c2cccc(C(F)(F)F)c2)c1. The quantitative estimate of drug-likeness (QED) is 0.229. The molecule has 8 heteroatoms. The lowest BCUT2D eigenvalue weighted by Gasteiger charge is -2.29. The Morgan fingerprint density at radius 1 is 0.725 bits per heavy atom. The Morgan fingerprint density at radius 3 is 1.88 bits per heavy atom. The topological polar surface area (TPSA) is 20.3 Å². The second kappa shape index (κ2) is 12.5. The molecule has 0 amide bonds. The highest BCUT2D eigenvalue weighted by molar-refractivity contribution is 5.85.